The van der Waals surface area contributed by atoms with Crippen LogP contribution >= 0.6 is 0 Å². The molecule has 5 N–H and O–H groups in total. The quantitative estimate of drug-likeness (QED) is 0.239. The van der Waals surface area contributed by atoms with Crippen LogP contribution in [-0.4, -0.2) is 29.6 Å². The highest BCUT2D eigenvalue weighted by Crippen LogP contribution is 1.77. The molecule has 0 radical (unpaired) electrons. The Morgan fingerprint density at radius 2 is 1.62 bits per heavy atom. The van der Waals surface area contributed by atoms with E-state index in [1.165, 1.54) is 0 Å². The monoisotopic (exact) mass is 119 g/mol. The Bertz CT molecular complexity index is 70.9. The standard InChI is InChI=1S/C3H9N3O2/c7-2-4-1-5-3(8)6-2/h2-8H,1H2. The lowest BCUT2D eigenvalue weighted by Crippen LogP contribution is -2.61. The molecular formula is C3H9N3O2. The summed E-state index contributed by atoms with van der Waals surface area (Å²) in [6, 6.07) is 0. The average molecular weight is 119 g/mol. The summed E-state index contributed by atoms with van der Waals surface area (Å²) in [6.07, 6.45) is -1.60. The highest BCUT2D eigenvalue weighted by atomic mass is 16.3. The fraction of sp³-hybridized carbons (Fsp3) is 1.00. The predicted molar refractivity (Wildman–Crippen MR) is 26.3 cm³/mol. The second-order valence-electron chi connectivity index (χ2n) is 1.56. The van der Waals surface area contributed by atoms with Crippen LogP contribution in [0.15, 0.2) is 0 Å². The second kappa shape index (κ2) is 2.38. The van der Waals surface area contributed by atoms with Crippen molar-refractivity contribution in [3.05, 3.63) is 0 Å². The maximum atomic E-state index is 8.66. The number of rotatable bonds is 0. The van der Waals surface area contributed by atoms with Gasteiger partial charge in [-0.05, 0) is 0 Å². The molecule has 0 aromatic heterocycles. The molecule has 0 saturated carbocycles. The van der Waals surface area contributed by atoms with Crippen LogP contribution in [0.4, 0.5) is 0 Å². The number of hydrogen-bond donors (Lipinski definition) is 5. The van der Waals surface area contributed by atoms with Crippen LogP contribution in [0.2, 0.25) is 0 Å². The van der Waals surface area contributed by atoms with Crippen LogP contribution in [-0.2, 0) is 0 Å². The van der Waals surface area contributed by atoms with Crippen LogP contribution in [0.25, 0.3) is 0 Å². The number of aliphatic hydroxyl groups excluding tert-OH is 2. The first kappa shape index (κ1) is 5.93. The van der Waals surface area contributed by atoms with Crippen molar-refractivity contribution >= 4 is 0 Å². The predicted octanol–water partition coefficient (Wildman–Crippen LogP) is -2.72. The van der Waals surface area contributed by atoms with Gasteiger partial charge in [-0.1, -0.05) is 0 Å². The molecular weight excluding hydrogens is 110 g/mol. The van der Waals surface area contributed by atoms with Crippen molar-refractivity contribution in [3.8, 4) is 0 Å². The summed E-state index contributed by atoms with van der Waals surface area (Å²) in [5.74, 6) is 0. The summed E-state index contributed by atoms with van der Waals surface area (Å²) >= 11 is 0. The van der Waals surface area contributed by atoms with Crippen molar-refractivity contribution in [2.24, 2.45) is 0 Å². The van der Waals surface area contributed by atoms with E-state index in [1.807, 2.05) is 0 Å². The lowest BCUT2D eigenvalue weighted by molar-refractivity contribution is -0.0261. The van der Waals surface area contributed by atoms with Gasteiger partial charge in [-0.2, -0.15) is 0 Å². The van der Waals surface area contributed by atoms with Crippen molar-refractivity contribution in [3.63, 3.8) is 0 Å². The molecule has 8 heavy (non-hydrogen) atoms. The lowest BCUT2D eigenvalue weighted by atomic mass is 10.7. The third-order valence-electron chi connectivity index (χ3n) is 0.907. The van der Waals surface area contributed by atoms with Crippen molar-refractivity contribution in [1.82, 2.24) is 16.0 Å². The SMILES string of the molecule is OC1NCNC(O)N1. The molecule has 0 spiro atoms. The van der Waals surface area contributed by atoms with Gasteiger partial charge >= 0.3 is 0 Å². The molecule has 1 heterocycles. The molecule has 0 aromatic rings. The second-order valence-corrected chi connectivity index (χ2v) is 1.56. The Morgan fingerprint density at radius 1 is 1.12 bits per heavy atom. The van der Waals surface area contributed by atoms with Crippen molar-refractivity contribution in [2.75, 3.05) is 6.67 Å². The largest absolute Gasteiger partial charge is 0.365 e. The Labute approximate surface area is 46.7 Å². The van der Waals surface area contributed by atoms with Gasteiger partial charge in [0.2, 0.25) is 0 Å². The number of aliphatic hydroxyl groups is 2. The van der Waals surface area contributed by atoms with Crippen LogP contribution in [0.5, 0.6) is 0 Å². The zero-order valence-electron chi connectivity index (χ0n) is 4.26. The molecule has 1 rings (SSSR count). The molecule has 1 aliphatic rings. The molecule has 5 nitrogen and oxygen atoms in total. The molecule has 0 bridgehead atoms. The van der Waals surface area contributed by atoms with Gasteiger partial charge < -0.3 is 10.2 Å². The summed E-state index contributed by atoms with van der Waals surface area (Å²) in [7, 11) is 0. The van der Waals surface area contributed by atoms with Crippen molar-refractivity contribution in [1.29, 1.82) is 0 Å². The van der Waals surface area contributed by atoms with Gasteiger partial charge in [0, 0.05) is 0 Å². The van der Waals surface area contributed by atoms with Crippen LogP contribution < -0.4 is 16.0 Å². The molecule has 2 unspecified atom stereocenters. The van der Waals surface area contributed by atoms with E-state index in [0.717, 1.165) is 0 Å². The molecule has 0 amide bonds. The van der Waals surface area contributed by atoms with Gasteiger partial charge in [0.05, 0.1) is 6.67 Å². The van der Waals surface area contributed by atoms with Gasteiger partial charge in [0.15, 0.2) is 12.7 Å². The summed E-state index contributed by atoms with van der Waals surface area (Å²) in [4.78, 5) is 0. The highest BCUT2D eigenvalue weighted by Gasteiger charge is 2.12. The Balaban J connectivity index is 2.23. The average Bonchev–Trinajstić information content (AvgIpc) is 1.64. The minimum Gasteiger partial charge on any atom is -0.365 e. The first-order valence-electron chi connectivity index (χ1n) is 2.38. The smallest absolute Gasteiger partial charge is 0.164 e. The zero-order chi connectivity index (χ0) is 5.98. The summed E-state index contributed by atoms with van der Waals surface area (Å²) in [5, 5.41) is 24.9. The van der Waals surface area contributed by atoms with Crippen LogP contribution in [0, 0.1) is 0 Å². The molecule has 0 aromatic carbocycles. The molecule has 2 atom stereocenters. The lowest BCUT2D eigenvalue weighted by Gasteiger charge is -2.25. The van der Waals surface area contributed by atoms with E-state index in [0.29, 0.717) is 6.67 Å². The van der Waals surface area contributed by atoms with Crippen molar-refractivity contribution < 1.29 is 10.2 Å². The molecule has 1 fully saturated rings. The maximum absolute atomic E-state index is 8.66. The van der Waals surface area contributed by atoms with Gasteiger partial charge in [0.25, 0.3) is 0 Å². The Kier molecular flexibility index (Phi) is 1.77. The normalized spacial score (nSPS) is 39.8. The molecule has 48 valence electrons. The summed E-state index contributed by atoms with van der Waals surface area (Å²) in [6.45, 7) is 0.412. The van der Waals surface area contributed by atoms with Crippen LogP contribution in [0.1, 0.15) is 0 Å². The fourth-order valence-corrected chi connectivity index (χ4v) is 0.520. The van der Waals surface area contributed by atoms with E-state index in [1.54, 1.807) is 0 Å². The van der Waals surface area contributed by atoms with E-state index >= 15 is 0 Å². The van der Waals surface area contributed by atoms with Gasteiger partial charge in [-0.25, -0.2) is 5.32 Å². The molecule has 1 aliphatic heterocycles. The van der Waals surface area contributed by atoms with Crippen molar-refractivity contribution in [2.45, 2.75) is 12.7 Å². The van der Waals surface area contributed by atoms with E-state index in [9.17, 15) is 0 Å². The number of hydrogen-bond acceptors (Lipinski definition) is 5. The highest BCUT2D eigenvalue weighted by molar-refractivity contribution is 4.59. The molecule has 5 heteroatoms. The van der Waals surface area contributed by atoms with E-state index in [4.69, 9.17) is 10.2 Å². The Morgan fingerprint density at radius 3 is 1.88 bits per heavy atom. The molecule has 1 saturated heterocycles. The molecule has 0 aliphatic carbocycles. The number of nitrogens with one attached hydrogen (secondary N) is 3. The first-order chi connectivity index (χ1) is 3.79. The van der Waals surface area contributed by atoms with E-state index in [-0.39, 0.29) is 0 Å². The van der Waals surface area contributed by atoms with Gasteiger partial charge in [-0.15, -0.1) is 0 Å². The Hall–Kier alpha value is -0.200. The van der Waals surface area contributed by atoms with Gasteiger partial charge in [0.1, 0.15) is 0 Å². The summed E-state index contributed by atoms with van der Waals surface area (Å²) < 4.78 is 0. The minimum absolute atomic E-state index is 0.412. The van der Waals surface area contributed by atoms with E-state index in [2.05, 4.69) is 16.0 Å². The van der Waals surface area contributed by atoms with E-state index < -0.39 is 12.7 Å². The fourth-order valence-electron chi connectivity index (χ4n) is 0.520. The third-order valence-corrected chi connectivity index (χ3v) is 0.907. The minimum atomic E-state index is -0.800. The third kappa shape index (κ3) is 1.39. The van der Waals surface area contributed by atoms with Crippen LogP contribution in [0.3, 0.4) is 0 Å². The first-order valence-corrected chi connectivity index (χ1v) is 2.38. The summed E-state index contributed by atoms with van der Waals surface area (Å²) in [5.41, 5.74) is 0. The topological polar surface area (TPSA) is 76.5 Å². The zero-order valence-corrected chi connectivity index (χ0v) is 4.26. The van der Waals surface area contributed by atoms with Gasteiger partial charge in [-0.3, -0.25) is 10.6 Å². The maximum Gasteiger partial charge on any atom is 0.164 e.